The number of aromatic amines is 1. The third-order valence-corrected chi connectivity index (χ3v) is 3.12. The number of imidazole rings is 1. The molecule has 1 heterocycles. The number of nitrogens with one attached hydrogen (secondary N) is 1. The molecule has 2 aromatic carbocycles. The minimum Gasteiger partial charge on any atom is -0.507 e. The number of aromatic nitrogens is 2. The highest BCUT2D eigenvalue weighted by Crippen LogP contribution is 2.29. The van der Waals surface area contributed by atoms with Crippen molar-refractivity contribution >= 4 is 11.0 Å². The number of para-hydroxylation sites is 1. The molecule has 3 heteroatoms. The van der Waals surface area contributed by atoms with Gasteiger partial charge in [-0.1, -0.05) is 18.2 Å². The second-order valence-electron chi connectivity index (χ2n) is 4.58. The van der Waals surface area contributed by atoms with E-state index in [-0.39, 0.29) is 5.75 Å². The van der Waals surface area contributed by atoms with Gasteiger partial charge in [0.1, 0.15) is 11.6 Å². The summed E-state index contributed by atoms with van der Waals surface area (Å²) in [6.45, 7) is 3.98. The first kappa shape index (κ1) is 10.8. The van der Waals surface area contributed by atoms with Crippen molar-refractivity contribution in [2.45, 2.75) is 13.8 Å². The Kier molecular flexibility index (Phi) is 2.33. The SMILES string of the molecule is Cc1ccc(-c2nc3c(C)cccc3[nH]2)c(O)c1. The van der Waals surface area contributed by atoms with Crippen molar-refractivity contribution in [2.24, 2.45) is 0 Å². The normalized spacial score (nSPS) is 11.0. The van der Waals surface area contributed by atoms with Crippen LogP contribution >= 0.6 is 0 Å². The molecule has 3 nitrogen and oxygen atoms in total. The smallest absolute Gasteiger partial charge is 0.142 e. The van der Waals surface area contributed by atoms with Gasteiger partial charge in [0.2, 0.25) is 0 Å². The fraction of sp³-hybridized carbons (Fsp3) is 0.133. The molecule has 0 bridgehead atoms. The third-order valence-electron chi connectivity index (χ3n) is 3.12. The van der Waals surface area contributed by atoms with Gasteiger partial charge >= 0.3 is 0 Å². The molecule has 0 aliphatic heterocycles. The number of phenols is 1. The quantitative estimate of drug-likeness (QED) is 0.681. The summed E-state index contributed by atoms with van der Waals surface area (Å²) in [6.07, 6.45) is 0. The molecule has 0 atom stereocenters. The molecule has 0 aliphatic carbocycles. The molecule has 2 N–H and O–H groups in total. The van der Waals surface area contributed by atoms with E-state index in [1.807, 2.05) is 44.2 Å². The van der Waals surface area contributed by atoms with E-state index >= 15 is 0 Å². The van der Waals surface area contributed by atoms with E-state index in [9.17, 15) is 5.11 Å². The Bertz CT molecular complexity index is 728. The largest absolute Gasteiger partial charge is 0.507 e. The Morgan fingerprint density at radius 1 is 1.11 bits per heavy atom. The molecule has 0 saturated heterocycles. The highest BCUT2D eigenvalue weighted by Gasteiger charge is 2.10. The van der Waals surface area contributed by atoms with E-state index in [0.29, 0.717) is 5.82 Å². The summed E-state index contributed by atoms with van der Waals surface area (Å²) in [5.41, 5.74) is 4.83. The summed E-state index contributed by atoms with van der Waals surface area (Å²) in [5, 5.41) is 9.98. The lowest BCUT2D eigenvalue weighted by Gasteiger charge is -2.01. The van der Waals surface area contributed by atoms with E-state index < -0.39 is 0 Å². The topological polar surface area (TPSA) is 48.9 Å². The molecule has 90 valence electrons. The summed E-state index contributed by atoms with van der Waals surface area (Å²) < 4.78 is 0. The minimum atomic E-state index is 0.256. The van der Waals surface area contributed by atoms with Crippen molar-refractivity contribution in [3.05, 3.63) is 47.5 Å². The molecular formula is C15H14N2O. The van der Waals surface area contributed by atoms with Gasteiger partial charge in [-0.25, -0.2) is 4.98 Å². The molecule has 0 spiro atoms. The highest BCUT2D eigenvalue weighted by atomic mass is 16.3. The molecule has 3 rings (SSSR count). The van der Waals surface area contributed by atoms with Crippen LogP contribution in [0.5, 0.6) is 5.75 Å². The average Bonchev–Trinajstić information content (AvgIpc) is 2.74. The van der Waals surface area contributed by atoms with Crippen molar-refractivity contribution < 1.29 is 5.11 Å². The Labute approximate surface area is 105 Å². The molecule has 1 aromatic heterocycles. The molecule has 0 saturated carbocycles. The Morgan fingerprint density at radius 2 is 1.94 bits per heavy atom. The number of hydrogen-bond acceptors (Lipinski definition) is 2. The van der Waals surface area contributed by atoms with Gasteiger partial charge in [-0.15, -0.1) is 0 Å². The van der Waals surface area contributed by atoms with Crippen molar-refractivity contribution in [3.63, 3.8) is 0 Å². The predicted molar refractivity (Wildman–Crippen MR) is 72.7 cm³/mol. The first-order valence-electron chi connectivity index (χ1n) is 5.90. The zero-order chi connectivity index (χ0) is 12.7. The van der Waals surface area contributed by atoms with Gasteiger partial charge in [0.15, 0.2) is 0 Å². The maximum Gasteiger partial charge on any atom is 0.142 e. The fourth-order valence-corrected chi connectivity index (χ4v) is 2.15. The molecule has 3 aromatic rings. The first-order chi connectivity index (χ1) is 8.65. The fourth-order valence-electron chi connectivity index (χ4n) is 2.15. The van der Waals surface area contributed by atoms with E-state index in [2.05, 4.69) is 9.97 Å². The number of rotatable bonds is 1. The van der Waals surface area contributed by atoms with Crippen LogP contribution in [-0.4, -0.2) is 15.1 Å². The summed E-state index contributed by atoms with van der Waals surface area (Å²) >= 11 is 0. The average molecular weight is 238 g/mol. The number of aromatic hydroxyl groups is 1. The summed E-state index contributed by atoms with van der Waals surface area (Å²) in [5.74, 6) is 0.962. The number of nitrogens with zero attached hydrogens (tertiary/aromatic N) is 1. The van der Waals surface area contributed by atoms with E-state index in [0.717, 1.165) is 27.7 Å². The van der Waals surface area contributed by atoms with Gasteiger partial charge in [-0.2, -0.15) is 0 Å². The molecular weight excluding hydrogens is 224 g/mol. The van der Waals surface area contributed by atoms with Gasteiger partial charge in [0.25, 0.3) is 0 Å². The number of phenolic OH excluding ortho intramolecular Hbond substituents is 1. The molecule has 18 heavy (non-hydrogen) atoms. The van der Waals surface area contributed by atoms with Crippen LogP contribution in [0.25, 0.3) is 22.4 Å². The summed E-state index contributed by atoms with van der Waals surface area (Å²) in [6, 6.07) is 11.6. The third kappa shape index (κ3) is 1.64. The first-order valence-corrected chi connectivity index (χ1v) is 5.90. The maximum absolute atomic E-state index is 9.98. The lowest BCUT2D eigenvalue weighted by Crippen LogP contribution is -1.82. The molecule has 0 fully saturated rings. The predicted octanol–water partition coefficient (Wildman–Crippen LogP) is 3.55. The standard InChI is InChI=1S/C15H14N2O/c1-9-6-7-11(13(18)8-9)15-16-12-5-3-4-10(2)14(12)17-15/h3-8,18H,1-2H3,(H,16,17). The van der Waals surface area contributed by atoms with Gasteiger partial charge in [-0.05, 0) is 43.2 Å². The zero-order valence-electron chi connectivity index (χ0n) is 10.4. The van der Waals surface area contributed by atoms with Crippen molar-refractivity contribution in [3.8, 4) is 17.1 Å². The minimum absolute atomic E-state index is 0.256. The maximum atomic E-state index is 9.98. The Hall–Kier alpha value is -2.29. The monoisotopic (exact) mass is 238 g/mol. The summed E-state index contributed by atoms with van der Waals surface area (Å²) in [7, 11) is 0. The number of aryl methyl sites for hydroxylation is 2. The number of hydrogen-bond donors (Lipinski definition) is 2. The van der Waals surface area contributed by atoms with Gasteiger partial charge in [0, 0.05) is 0 Å². The van der Waals surface area contributed by atoms with Crippen LogP contribution in [0.3, 0.4) is 0 Å². The molecule has 0 radical (unpaired) electrons. The van der Waals surface area contributed by atoms with Crippen LogP contribution in [0, 0.1) is 13.8 Å². The van der Waals surface area contributed by atoms with E-state index in [1.54, 1.807) is 6.07 Å². The van der Waals surface area contributed by atoms with Gasteiger partial charge < -0.3 is 10.1 Å². The van der Waals surface area contributed by atoms with E-state index in [1.165, 1.54) is 0 Å². The van der Waals surface area contributed by atoms with Crippen molar-refractivity contribution in [2.75, 3.05) is 0 Å². The number of H-pyrrole nitrogens is 1. The lowest BCUT2D eigenvalue weighted by atomic mass is 10.1. The number of benzene rings is 2. The van der Waals surface area contributed by atoms with Crippen LogP contribution in [0.2, 0.25) is 0 Å². The van der Waals surface area contributed by atoms with Gasteiger partial charge in [0.05, 0.1) is 16.6 Å². The highest BCUT2D eigenvalue weighted by molar-refractivity contribution is 5.83. The van der Waals surface area contributed by atoms with Crippen LogP contribution in [0.1, 0.15) is 11.1 Å². The zero-order valence-corrected chi connectivity index (χ0v) is 10.4. The Balaban J connectivity index is 2.23. The second-order valence-corrected chi connectivity index (χ2v) is 4.58. The second kappa shape index (κ2) is 3.88. The van der Waals surface area contributed by atoms with Crippen molar-refractivity contribution in [1.82, 2.24) is 9.97 Å². The van der Waals surface area contributed by atoms with Crippen molar-refractivity contribution in [1.29, 1.82) is 0 Å². The molecule has 0 amide bonds. The Morgan fingerprint density at radius 3 is 2.67 bits per heavy atom. The summed E-state index contributed by atoms with van der Waals surface area (Å²) in [4.78, 5) is 7.80. The van der Waals surface area contributed by atoms with Gasteiger partial charge in [-0.3, -0.25) is 0 Å². The molecule has 0 unspecified atom stereocenters. The van der Waals surface area contributed by atoms with Crippen LogP contribution in [0.15, 0.2) is 36.4 Å². The van der Waals surface area contributed by atoms with Crippen LogP contribution in [0.4, 0.5) is 0 Å². The lowest BCUT2D eigenvalue weighted by molar-refractivity contribution is 0.476. The van der Waals surface area contributed by atoms with Crippen LogP contribution in [-0.2, 0) is 0 Å². The molecule has 0 aliphatic rings. The van der Waals surface area contributed by atoms with Crippen LogP contribution < -0.4 is 0 Å². The number of fused-ring (bicyclic) bond motifs is 1. The van der Waals surface area contributed by atoms with E-state index in [4.69, 9.17) is 0 Å².